The minimum atomic E-state index is -0.993. The fraction of sp³-hybridized carbons (Fsp3) is 0.700. The number of aliphatic carboxylic acids is 1. The van der Waals surface area contributed by atoms with Crippen molar-refractivity contribution in [3.8, 4) is 0 Å². The van der Waals surface area contributed by atoms with Crippen LogP contribution < -0.4 is 10.6 Å². The molecule has 0 radical (unpaired) electrons. The molecular formula is C10H18N2O4. The molecule has 0 saturated carbocycles. The Hall–Kier alpha value is -1.59. The summed E-state index contributed by atoms with van der Waals surface area (Å²) in [7, 11) is 0. The third-order valence-electron chi connectivity index (χ3n) is 1.77. The summed E-state index contributed by atoms with van der Waals surface area (Å²) in [5, 5.41) is 13.6. The lowest BCUT2D eigenvalue weighted by molar-refractivity contribution is -0.137. The van der Waals surface area contributed by atoms with E-state index >= 15 is 0 Å². The zero-order chi connectivity index (χ0) is 12.7. The summed E-state index contributed by atoms with van der Waals surface area (Å²) in [4.78, 5) is 32.8. The number of carboxylic acids is 1. The lowest BCUT2D eigenvalue weighted by Crippen LogP contribution is -2.48. The van der Waals surface area contributed by atoms with Gasteiger partial charge in [-0.1, -0.05) is 0 Å². The molecule has 0 aliphatic rings. The highest BCUT2D eigenvalue weighted by Gasteiger charge is 2.20. The van der Waals surface area contributed by atoms with E-state index < -0.39 is 12.0 Å². The van der Waals surface area contributed by atoms with Crippen LogP contribution >= 0.6 is 0 Å². The molecule has 6 heteroatoms. The quantitative estimate of drug-likeness (QED) is 0.592. The first-order valence-electron chi connectivity index (χ1n) is 5.12. The molecule has 0 bridgehead atoms. The summed E-state index contributed by atoms with van der Waals surface area (Å²) in [5.41, 5.74) is 0. The van der Waals surface area contributed by atoms with Gasteiger partial charge in [0, 0.05) is 19.4 Å². The topological polar surface area (TPSA) is 95.5 Å². The van der Waals surface area contributed by atoms with E-state index in [9.17, 15) is 14.4 Å². The number of carbonyl (C=O) groups excluding carboxylic acids is 2. The number of hydrogen-bond donors (Lipinski definition) is 3. The molecule has 3 N–H and O–H groups in total. The molecule has 2 amide bonds. The van der Waals surface area contributed by atoms with Crippen molar-refractivity contribution >= 4 is 17.8 Å². The molecule has 6 nitrogen and oxygen atoms in total. The highest BCUT2D eigenvalue weighted by atomic mass is 16.4. The van der Waals surface area contributed by atoms with Gasteiger partial charge < -0.3 is 15.7 Å². The van der Waals surface area contributed by atoms with Crippen molar-refractivity contribution in [1.82, 2.24) is 10.6 Å². The number of rotatable bonds is 6. The molecule has 0 aromatic carbocycles. The fourth-order valence-electron chi connectivity index (χ4n) is 1.17. The zero-order valence-corrected chi connectivity index (χ0v) is 9.74. The zero-order valence-electron chi connectivity index (χ0n) is 9.74. The van der Waals surface area contributed by atoms with E-state index in [0.29, 0.717) is 0 Å². The fourth-order valence-corrected chi connectivity index (χ4v) is 1.17. The number of carboxylic acid groups (broad SMARTS) is 1. The summed E-state index contributed by atoms with van der Waals surface area (Å²) < 4.78 is 0. The van der Waals surface area contributed by atoms with Crippen molar-refractivity contribution in [2.45, 2.75) is 45.7 Å². The average Bonchev–Trinajstić information content (AvgIpc) is 2.09. The number of carbonyl (C=O) groups is 3. The van der Waals surface area contributed by atoms with Gasteiger partial charge in [0.1, 0.15) is 6.04 Å². The second-order valence-electron chi connectivity index (χ2n) is 3.85. The van der Waals surface area contributed by atoms with Crippen LogP contribution in [0.5, 0.6) is 0 Å². The van der Waals surface area contributed by atoms with Crippen molar-refractivity contribution in [2.24, 2.45) is 0 Å². The Labute approximate surface area is 94.4 Å². The molecule has 0 heterocycles. The van der Waals surface area contributed by atoms with E-state index in [0.717, 1.165) is 0 Å². The maximum Gasteiger partial charge on any atom is 0.303 e. The van der Waals surface area contributed by atoms with Gasteiger partial charge >= 0.3 is 5.97 Å². The van der Waals surface area contributed by atoms with Gasteiger partial charge in [0.25, 0.3) is 0 Å². The molecule has 1 unspecified atom stereocenters. The Bertz CT molecular complexity index is 276. The first-order valence-corrected chi connectivity index (χ1v) is 5.12. The molecule has 0 fully saturated rings. The summed E-state index contributed by atoms with van der Waals surface area (Å²) in [6, 6.07) is -0.829. The van der Waals surface area contributed by atoms with Crippen molar-refractivity contribution < 1.29 is 19.5 Å². The highest BCUT2D eigenvalue weighted by Crippen LogP contribution is 1.99. The predicted molar refractivity (Wildman–Crippen MR) is 57.8 cm³/mol. The molecular weight excluding hydrogens is 212 g/mol. The number of nitrogens with one attached hydrogen (secondary N) is 2. The average molecular weight is 230 g/mol. The van der Waals surface area contributed by atoms with Gasteiger partial charge in [0.2, 0.25) is 11.8 Å². The summed E-state index contributed by atoms with van der Waals surface area (Å²) in [6.45, 7) is 4.87. The predicted octanol–water partition coefficient (Wildman–Crippen LogP) is -0.119. The van der Waals surface area contributed by atoms with Crippen LogP contribution in [-0.2, 0) is 14.4 Å². The van der Waals surface area contributed by atoms with Crippen molar-refractivity contribution in [2.75, 3.05) is 0 Å². The maximum atomic E-state index is 11.6. The van der Waals surface area contributed by atoms with E-state index in [1.165, 1.54) is 6.92 Å². The van der Waals surface area contributed by atoms with E-state index in [4.69, 9.17) is 5.11 Å². The van der Waals surface area contributed by atoms with E-state index in [1.54, 1.807) is 13.8 Å². The third-order valence-corrected chi connectivity index (χ3v) is 1.77. The summed E-state index contributed by atoms with van der Waals surface area (Å²) >= 11 is 0. The number of amides is 2. The molecule has 0 aliphatic heterocycles. The van der Waals surface area contributed by atoms with Gasteiger partial charge in [-0.05, 0) is 20.3 Å². The highest BCUT2D eigenvalue weighted by molar-refractivity contribution is 5.87. The van der Waals surface area contributed by atoms with Crippen LogP contribution in [0.15, 0.2) is 0 Å². The van der Waals surface area contributed by atoms with E-state index in [1.807, 2.05) is 0 Å². The van der Waals surface area contributed by atoms with Crippen LogP contribution in [-0.4, -0.2) is 35.0 Å². The molecule has 0 saturated heterocycles. The van der Waals surface area contributed by atoms with Crippen LogP contribution in [0.3, 0.4) is 0 Å². The van der Waals surface area contributed by atoms with Crippen molar-refractivity contribution in [3.05, 3.63) is 0 Å². The minimum Gasteiger partial charge on any atom is -0.481 e. The molecule has 0 aliphatic carbocycles. The molecule has 92 valence electrons. The Balaban J connectivity index is 4.34. The van der Waals surface area contributed by atoms with E-state index in [2.05, 4.69) is 10.6 Å². The standard InChI is InChI=1S/C10H18N2O4/c1-6(2)11-10(16)8(12-7(3)13)4-5-9(14)15/h6,8H,4-5H2,1-3H3,(H,11,16)(H,12,13)(H,14,15). The van der Waals surface area contributed by atoms with Crippen LogP contribution in [0.25, 0.3) is 0 Å². The summed E-state index contributed by atoms with van der Waals surface area (Å²) in [5.74, 6) is -1.70. The summed E-state index contributed by atoms with van der Waals surface area (Å²) in [6.07, 6.45) is -0.0655. The first kappa shape index (κ1) is 14.4. The Kier molecular flexibility index (Phi) is 6.14. The second-order valence-corrected chi connectivity index (χ2v) is 3.85. The molecule has 1 atom stereocenters. The number of hydrogen-bond acceptors (Lipinski definition) is 3. The second kappa shape index (κ2) is 6.81. The van der Waals surface area contributed by atoms with Gasteiger partial charge in [-0.15, -0.1) is 0 Å². The van der Waals surface area contributed by atoms with Crippen molar-refractivity contribution in [3.63, 3.8) is 0 Å². The molecule has 0 rings (SSSR count). The lowest BCUT2D eigenvalue weighted by Gasteiger charge is -2.18. The van der Waals surface area contributed by atoms with E-state index in [-0.39, 0.29) is 30.7 Å². The minimum absolute atomic E-state index is 0.0476. The molecule has 0 aromatic rings. The monoisotopic (exact) mass is 230 g/mol. The van der Waals surface area contributed by atoms with Gasteiger partial charge in [0.05, 0.1) is 0 Å². The smallest absolute Gasteiger partial charge is 0.303 e. The molecule has 0 spiro atoms. The Morgan fingerprint density at radius 2 is 1.75 bits per heavy atom. The van der Waals surface area contributed by atoms with Gasteiger partial charge in [-0.25, -0.2) is 0 Å². The van der Waals surface area contributed by atoms with Gasteiger partial charge in [0.15, 0.2) is 0 Å². The molecule has 0 aromatic heterocycles. The van der Waals surface area contributed by atoms with Gasteiger partial charge in [-0.2, -0.15) is 0 Å². The maximum absolute atomic E-state index is 11.6. The third kappa shape index (κ3) is 6.80. The lowest BCUT2D eigenvalue weighted by atomic mass is 10.1. The Morgan fingerprint density at radius 3 is 2.12 bits per heavy atom. The first-order chi connectivity index (χ1) is 7.32. The van der Waals surface area contributed by atoms with Crippen LogP contribution in [0.4, 0.5) is 0 Å². The molecule has 16 heavy (non-hydrogen) atoms. The normalized spacial score (nSPS) is 12.0. The Morgan fingerprint density at radius 1 is 1.19 bits per heavy atom. The van der Waals surface area contributed by atoms with Crippen LogP contribution in [0.2, 0.25) is 0 Å². The van der Waals surface area contributed by atoms with Crippen LogP contribution in [0.1, 0.15) is 33.6 Å². The largest absolute Gasteiger partial charge is 0.481 e. The van der Waals surface area contributed by atoms with Gasteiger partial charge in [-0.3, -0.25) is 14.4 Å². The van der Waals surface area contributed by atoms with Crippen LogP contribution in [0, 0.1) is 0 Å². The SMILES string of the molecule is CC(=O)NC(CCC(=O)O)C(=O)NC(C)C. The van der Waals surface area contributed by atoms with Crippen molar-refractivity contribution in [1.29, 1.82) is 0 Å².